The predicted molar refractivity (Wildman–Crippen MR) is 101 cm³/mol. The van der Waals surface area contributed by atoms with Crippen LogP contribution in [-0.4, -0.2) is 41.4 Å². The number of para-hydroxylation sites is 1. The molecule has 0 unspecified atom stereocenters. The minimum absolute atomic E-state index is 0.103. The van der Waals surface area contributed by atoms with Crippen LogP contribution in [0.1, 0.15) is 40.5 Å². The molecule has 0 amide bonds. The van der Waals surface area contributed by atoms with E-state index in [1.807, 2.05) is 18.2 Å². The highest BCUT2D eigenvalue weighted by Gasteiger charge is 2.53. The Morgan fingerprint density at radius 2 is 1.64 bits per heavy atom. The largest absolute Gasteiger partial charge is 0.461 e. The zero-order chi connectivity index (χ0) is 17.7. The first kappa shape index (κ1) is 16.8. The molecule has 132 valence electrons. The molecule has 2 fully saturated rings. The molecule has 0 N–H and O–H groups in total. The molecule has 0 saturated carbocycles. The summed E-state index contributed by atoms with van der Waals surface area (Å²) in [6.07, 6.45) is 3.77. The summed E-state index contributed by atoms with van der Waals surface area (Å²) in [5.74, 6) is 1.48. The van der Waals surface area contributed by atoms with Gasteiger partial charge in [0.25, 0.3) is 0 Å². The first-order valence-corrected chi connectivity index (χ1v) is 9.18. The van der Waals surface area contributed by atoms with Crippen molar-refractivity contribution in [2.75, 3.05) is 18.0 Å². The molecule has 0 spiro atoms. The minimum atomic E-state index is -0.252. The minimum Gasteiger partial charge on any atom is -0.403 e. The van der Waals surface area contributed by atoms with E-state index in [-0.39, 0.29) is 18.3 Å². The Kier molecular flexibility index (Phi) is 4.00. The first-order chi connectivity index (χ1) is 11.9. The molecule has 0 atom stereocenters. The van der Waals surface area contributed by atoms with Crippen LogP contribution in [0.4, 0.5) is 5.82 Å². The summed E-state index contributed by atoms with van der Waals surface area (Å²) in [5, 5.41) is 1.12. The van der Waals surface area contributed by atoms with Crippen molar-refractivity contribution >= 4 is 23.8 Å². The van der Waals surface area contributed by atoms with Crippen molar-refractivity contribution < 1.29 is 9.31 Å². The van der Waals surface area contributed by atoms with Crippen LogP contribution in [0.3, 0.4) is 0 Å². The van der Waals surface area contributed by atoms with Crippen LogP contribution < -0.4 is 4.90 Å². The lowest BCUT2D eigenvalue weighted by Crippen LogP contribution is -2.41. The van der Waals surface area contributed by atoms with Gasteiger partial charge in [-0.05, 0) is 58.5 Å². The van der Waals surface area contributed by atoms with Crippen molar-refractivity contribution in [2.45, 2.75) is 57.6 Å². The molecule has 0 aliphatic carbocycles. The van der Waals surface area contributed by atoms with Crippen LogP contribution in [0.5, 0.6) is 0 Å². The fourth-order valence-electron chi connectivity index (χ4n) is 3.71. The molecule has 0 radical (unpaired) electrons. The second-order valence-electron chi connectivity index (χ2n) is 8.16. The van der Waals surface area contributed by atoms with Crippen molar-refractivity contribution in [3.05, 3.63) is 30.6 Å². The molecule has 1 aromatic heterocycles. The Morgan fingerprint density at radius 3 is 2.32 bits per heavy atom. The van der Waals surface area contributed by atoms with Crippen LogP contribution in [-0.2, 0) is 9.31 Å². The van der Waals surface area contributed by atoms with Gasteiger partial charge in [-0.15, -0.1) is 0 Å². The number of anilines is 1. The van der Waals surface area contributed by atoms with E-state index in [1.165, 1.54) is 0 Å². The maximum Gasteiger partial charge on any atom is 0.461 e. The quantitative estimate of drug-likeness (QED) is 0.781. The number of nitrogens with zero attached hydrogens (tertiary/aromatic N) is 3. The van der Waals surface area contributed by atoms with Gasteiger partial charge in [-0.3, -0.25) is 0 Å². The van der Waals surface area contributed by atoms with Gasteiger partial charge < -0.3 is 14.2 Å². The molecule has 5 nitrogen and oxygen atoms in total. The van der Waals surface area contributed by atoms with Gasteiger partial charge in [0.2, 0.25) is 0 Å². The topological polar surface area (TPSA) is 47.5 Å². The molecule has 4 rings (SSSR count). The maximum absolute atomic E-state index is 6.25. The summed E-state index contributed by atoms with van der Waals surface area (Å²) in [6.45, 7) is 10.4. The SMILES string of the molecule is CC1(C)OB(C2CCN(c3ncnc4ccccc34)CC2)OC1(C)C. The van der Waals surface area contributed by atoms with Gasteiger partial charge in [0.05, 0.1) is 16.7 Å². The fourth-order valence-corrected chi connectivity index (χ4v) is 3.71. The molecule has 2 saturated heterocycles. The van der Waals surface area contributed by atoms with Crippen LogP contribution in [0.25, 0.3) is 10.9 Å². The molecule has 2 aliphatic rings. The lowest BCUT2D eigenvalue weighted by Gasteiger charge is -2.34. The fraction of sp³-hybridized carbons (Fsp3) is 0.579. The van der Waals surface area contributed by atoms with Gasteiger partial charge in [-0.2, -0.15) is 0 Å². The van der Waals surface area contributed by atoms with Crippen LogP contribution in [0.2, 0.25) is 5.82 Å². The van der Waals surface area contributed by atoms with Crippen molar-refractivity contribution in [2.24, 2.45) is 0 Å². The number of benzene rings is 1. The van der Waals surface area contributed by atoms with E-state index in [4.69, 9.17) is 9.31 Å². The molecular weight excluding hydrogens is 313 g/mol. The van der Waals surface area contributed by atoms with Crippen LogP contribution in [0.15, 0.2) is 30.6 Å². The standard InChI is InChI=1S/C19H26BN3O2/c1-18(2)19(3,4)25-20(24-18)14-9-11-23(12-10-14)17-15-7-5-6-8-16(15)21-13-22-17/h5-8,13-14H,9-12H2,1-4H3. The second kappa shape index (κ2) is 5.96. The van der Waals surface area contributed by atoms with Gasteiger partial charge in [0.15, 0.2) is 0 Å². The Labute approximate surface area is 149 Å². The van der Waals surface area contributed by atoms with Crippen LogP contribution >= 0.6 is 0 Å². The Bertz CT molecular complexity index is 751. The number of aromatic nitrogens is 2. The predicted octanol–water partition coefficient (Wildman–Crippen LogP) is 3.69. The zero-order valence-corrected chi connectivity index (χ0v) is 15.5. The monoisotopic (exact) mass is 339 g/mol. The molecular formula is C19H26BN3O2. The van der Waals surface area contributed by atoms with Gasteiger partial charge in [-0.25, -0.2) is 9.97 Å². The summed E-state index contributed by atoms with van der Waals surface area (Å²) in [5.41, 5.74) is 0.496. The summed E-state index contributed by atoms with van der Waals surface area (Å²) < 4.78 is 12.5. The van der Waals surface area contributed by atoms with E-state index in [0.29, 0.717) is 5.82 Å². The van der Waals surface area contributed by atoms with Gasteiger partial charge in [0.1, 0.15) is 12.1 Å². The molecule has 25 heavy (non-hydrogen) atoms. The van der Waals surface area contributed by atoms with Crippen LogP contribution in [0, 0.1) is 0 Å². The lowest BCUT2D eigenvalue weighted by atomic mass is 9.67. The third-order valence-electron chi connectivity index (χ3n) is 6.02. The molecule has 0 bridgehead atoms. The van der Waals surface area contributed by atoms with E-state index in [2.05, 4.69) is 48.6 Å². The normalized spacial score (nSPS) is 23.4. The highest BCUT2D eigenvalue weighted by molar-refractivity contribution is 6.47. The van der Waals surface area contributed by atoms with Crippen molar-refractivity contribution in [3.8, 4) is 0 Å². The summed E-state index contributed by atoms with van der Waals surface area (Å²) >= 11 is 0. The third kappa shape index (κ3) is 2.91. The lowest BCUT2D eigenvalue weighted by molar-refractivity contribution is 0.00578. The highest BCUT2D eigenvalue weighted by Crippen LogP contribution is 2.43. The summed E-state index contributed by atoms with van der Waals surface area (Å²) in [4.78, 5) is 11.3. The Hall–Kier alpha value is -1.66. The number of fused-ring (bicyclic) bond motifs is 1. The van der Waals surface area contributed by atoms with Gasteiger partial charge in [-0.1, -0.05) is 12.1 Å². The van der Waals surface area contributed by atoms with Gasteiger partial charge >= 0.3 is 7.12 Å². The third-order valence-corrected chi connectivity index (χ3v) is 6.02. The number of hydrogen-bond acceptors (Lipinski definition) is 5. The van der Waals surface area contributed by atoms with E-state index in [9.17, 15) is 0 Å². The summed E-state index contributed by atoms with van der Waals surface area (Å²) in [6, 6.07) is 8.21. The molecule has 1 aromatic carbocycles. The number of piperidine rings is 1. The summed E-state index contributed by atoms with van der Waals surface area (Å²) in [7, 11) is -0.103. The van der Waals surface area contributed by atoms with Gasteiger partial charge in [0, 0.05) is 18.5 Å². The highest BCUT2D eigenvalue weighted by atomic mass is 16.7. The molecule has 2 aliphatic heterocycles. The van der Waals surface area contributed by atoms with E-state index >= 15 is 0 Å². The molecule has 2 aromatic rings. The first-order valence-electron chi connectivity index (χ1n) is 9.18. The maximum atomic E-state index is 6.25. The molecule has 3 heterocycles. The average Bonchev–Trinajstić information content (AvgIpc) is 2.82. The van der Waals surface area contributed by atoms with E-state index < -0.39 is 0 Å². The zero-order valence-electron chi connectivity index (χ0n) is 15.5. The van der Waals surface area contributed by atoms with E-state index in [0.717, 1.165) is 42.7 Å². The second-order valence-corrected chi connectivity index (χ2v) is 8.16. The average molecular weight is 339 g/mol. The number of rotatable bonds is 2. The van der Waals surface area contributed by atoms with Crippen molar-refractivity contribution in [3.63, 3.8) is 0 Å². The smallest absolute Gasteiger partial charge is 0.403 e. The Morgan fingerprint density at radius 1 is 1.00 bits per heavy atom. The molecule has 6 heteroatoms. The Balaban J connectivity index is 1.47. The van der Waals surface area contributed by atoms with Crippen molar-refractivity contribution in [1.29, 1.82) is 0 Å². The van der Waals surface area contributed by atoms with E-state index in [1.54, 1.807) is 6.33 Å². The number of hydrogen-bond donors (Lipinski definition) is 0. The van der Waals surface area contributed by atoms with Crippen molar-refractivity contribution in [1.82, 2.24) is 9.97 Å².